The average Bonchev–Trinajstić information content (AvgIpc) is 3.02. The molecule has 29 heavy (non-hydrogen) atoms. The van der Waals surface area contributed by atoms with E-state index in [2.05, 4.69) is 5.32 Å². The number of pyridine rings is 1. The number of benzene rings is 1. The van der Waals surface area contributed by atoms with Gasteiger partial charge < -0.3 is 24.3 Å². The third kappa shape index (κ3) is 3.96. The smallest absolute Gasteiger partial charge is 0.274 e. The van der Waals surface area contributed by atoms with Crippen molar-refractivity contribution in [1.29, 1.82) is 0 Å². The van der Waals surface area contributed by atoms with E-state index in [4.69, 9.17) is 9.47 Å². The van der Waals surface area contributed by atoms with Crippen molar-refractivity contribution in [1.82, 2.24) is 9.47 Å². The summed E-state index contributed by atoms with van der Waals surface area (Å²) in [6, 6.07) is 6.27. The number of nitrogens with zero attached hydrogens (tertiary/aromatic N) is 2. The Bertz CT molecular complexity index is 1010. The van der Waals surface area contributed by atoms with Gasteiger partial charge in [0.2, 0.25) is 6.79 Å². The largest absolute Gasteiger partial charge is 0.454 e. The number of hydrogen-bond donors (Lipinski definition) is 1. The topological polar surface area (TPSA) is 89.9 Å². The number of nitrogens with one attached hydrogen (secondary N) is 1. The van der Waals surface area contributed by atoms with Crippen molar-refractivity contribution in [3.63, 3.8) is 0 Å². The van der Waals surface area contributed by atoms with Crippen LogP contribution < -0.4 is 20.3 Å². The predicted molar refractivity (Wildman–Crippen MR) is 107 cm³/mol. The molecule has 3 heterocycles. The number of aryl methyl sites for hydroxylation is 1. The van der Waals surface area contributed by atoms with Crippen molar-refractivity contribution in [2.75, 3.05) is 25.2 Å². The van der Waals surface area contributed by atoms with Crippen molar-refractivity contribution in [2.45, 2.75) is 25.7 Å². The number of aromatic nitrogens is 1. The van der Waals surface area contributed by atoms with Gasteiger partial charge in [0.1, 0.15) is 5.69 Å². The van der Waals surface area contributed by atoms with Gasteiger partial charge in [0, 0.05) is 31.9 Å². The number of amides is 2. The van der Waals surface area contributed by atoms with Crippen LogP contribution in [0.1, 0.15) is 46.4 Å². The summed E-state index contributed by atoms with van der Waals surface area (Å²) in [6.45, 7) is 1.53. The molecule has 0 spiro atoms. The fourth-order valence-electron chi connectivity index (χ4n) is 3.61. The molecule has 2 aromatic rings. The molecule has 152 valence electrons. The Morgan fingerprint density at radius 1 is 0.966 bits per heavy atom. The summed E-state index contributed by atoms with van der Waals surface area (Å²) in [5.74, 6) is 0.471. The maximum atomic E-state index is 12.9. The highest BCUT2D eigenvalue weighted by Gasteiger charge is 2.21. The van der Waals surface area contributed by atoms with E-state index in [9.17, 15) is 14.4 Å². The Morgan fingerprint density at radius 2 is 1.69 bits per heavy atom. The maximum Gasteiger partial charge on any atom is 0.274 e. The first-order valence-corrected chi connectivity index (χ1v) is 9.74. The molecule has 2 amide bonds. The molecule has 0 saturated carbocycles. The number of anilines is 1. The van der Waals surface area contributed by atoms with Gasteiger partial charge in [-0.1, -0.05) is 12.8 Å². The van der Waals surface area contributed by atoms with E-state index in [0.717, 1.165) is 25.7 Å². The van der Waals surface area contributed by atoms with Gasteiger partial charge in [-0.2, -0.15) is 0 Å². The lowest BCUT2D eigenvalue weighted by Gasteiger charge is -2.21. The van der Waals surface area contributed by atoms with Crippen LogP contribution in [0.4, 0.5) is 5.69 Å². The Hall–Kier alpha value is -3.29. The molecule has 0 aliphatic carbocycles. The van der Waals surface area contributed by atoms with Crippen LogP contribution in [0.15, 0.2) is 35.3 Å². The Morgan fingerprint density at radius 3 is 2.45 bits per heavy atom. The van der Waals surface area contributed by atoms with Gasteiger partial charge in [-0.15, -0.1) is 0 Å². The molecule has 8 nitrogen and oxygen atoms in total. The molecule has 1 saturated heterocycles. The highest BCUT2D eigenvalue weighted by atomic mass is 16.7. The molecular formula is C21H23N3O5. The van der Waals surface area contributed by atoms with Gasteiger partial charge in [0.15, 0.2) is 11.5 Å². The molecule has 0 bridgehead atoms. The first kappa shape index (κ1) is 19.0. The minimum absolute atomic E-state index is 0.0656. The molecule has 0 unspecified atom stereocenters. The van der Waals surface area contributed by atoms with Crippen LogP contribution >= 0.6 is 0 Å². The third-order valence-electron chi connectivity index (χ3n) is 5.21. The standard InChI is InChI=1S/C21H23N3O5/c1-23-12-15(20(26)24-8-4-2-3-5-9-24)10-16(21(23)27)22-19(25)14-6-7-17-18(11-14)29-13-28-17/h6-7,10-12H,2-5,8-9,13H2,1H3,(H,22,25). The van der Waals surface area contributed by atoms with E-state index >= 15 is 0 Å². The molecule has 0 atom stereocenters. The number of rotatable bonds is 3. The molecule has 0 radical (unpaired) electrons. The van der Waals surface area contributed by atoms with Gasteiger partial charge in [-0.3, -0.25) is 14.4 Å². The molecule has 1 aromatic carbocycles. The number of carbonyl (C=O) groups is 2. The zero-order valence-electron chi connectivity index (χ0n) is 16.3. The van der Waals surface area contributed by atoms with Crippen molar-refractivity contribution in [3.8, 4) is 11.5 Å². The third-order valence-corrected chi connectivity index (χ3v) is 5.21. The van der Waals surface area contributed by atoms with E-state index < -0.39 is 5.91 Å². The average molecular weight is 397 g/mol. The Labute approximate surface area is 168 Å². The highest BCUT2D eigenvalue weighted by Crippen LogP contribution is 2.32. The summed E-state index contributed by atoms with van der Waals surface area (Å²) >= 11 is 0. The zero-order chi connectivity index (χ0) is 20.4. The van der Waals surface area contributed by atoms with Gasteiger partial charge >= 0.3 is 0 Å². The van der Waals surface area contributed by atoms with Crippen molar-refractivity contribution in [2.24, 2.45) is 7.05 Å². The van der Waals surface area contributed by atoms with Crippen LogP contribution in [-0.4, -0.2) is 41.2 Å². The molecule has 1 aromatic heterocycles. The van der Waals surface area contributed by atoms with Gasteiger partial charge in [-0.25, -0.2) is 0 Å². The summed E-state index contributed by atoms with van der Waals surface area (Å²) in [5, 5.41) is 2.63. The monoisotopic (exact) mass is 397 g/mol. The number of hydrogen-bond acceptors (Lipinski definition) is 5. The molecule has 8 heteroatoms. The summed E-state index contributed by atoms with van der Waals surface area (Å²) in [5.41, 5.74) is 0.401. The van der Waals surface area contributed by atoms with Crippen LogP contribution in [-0.2, 0) is 7.05 Å². The van der Waals surface area contributed by atoms with Crippen molar-refractivity contribution in [3.05, 3.63) is 51.9 Å². The molecule has 2 aliphatic rings. The second kappa shape index (κ2) is 7.98. The Balaban J connectivity index is 1.57. The van der Waals surface area contributed by atoms with Crippen LogP contribution in [0.25, 0.3) is 0 Å². The number of fused-ring (bicyclic) bond motifs is 1. The lowest BCUT2D eigenvalue weighted by Crippen LogP contribution is -2.33. The van der Waals surface area contributed by atoms with Gasteiger partial charge in [0.05, 0.1) is 5.56 Å². The lowest BCUT2D eigenvalue weighted by atomic mass is 10.1. The van der Waals surface area contributed by atoms with Crippen LogP contribution in [0, 0.1) is 0 Å². The minimum Gasteiger partial charge on any atom is -0.454 e. The first-order chi connectivity index (χ1) is 14.0. The quantitative estimate of drug-likeness (QED) is 0.859. The lowest BCUT2D eigenvalue weighted by molar-refractivity contribution is 0.0760. The minimum atomic E-state index is -0.459. The predicted octanol–water partition coefficient (Wildman–Crippen LogP) is 2.38. The second-order valence-corrected chi connectivity index (χ2v) is 7.29. The van der Waals surface area contributed by atoms with Crippen molar-refractivity contribution < 1.29 is 19.1 Å². The highest BCUT2D eigenvalue weighted by molar-refractivity contribution is 6.05. The first-order valence-electron chi connectivity index (χ1n) is 9.74. The summed E-state index contributed by atoms with van der Waals surface area (Å²) < 4.78 is 11.9. The van der Waals surface area contributed by atoms with Gasteiger partial charge in [0.25, 0.3) is 17.4 Å². The van der Waals surface area contributed by atoms with E-state index in [1.165, 1.54) is 16.8 Å². The summed E-state index contributed by atoms with van der Waals surface area (Å²) in [6.07, 6.45) is 5.71. The van der Waals surface area contributed by atoms with E-state index in [0.29, 0.717) is 35.7 Å². The maximum absolute atomic E-state index is 12.9. The molecule has 1 N–H and O–H groups in total. The normalized spacial score (nSPS) is 15.7. The SMILES string of the molecule is Cn1cc(C(=O)N2CCCCCC2)cc(NC(=O)c2ccc3c(c2)OCO3)c1=O. The molecular weight excluding hydrogens is 374 g/mol. The molecule has 1 fully saturated rings. The Kier molecular flexibility index (Phi) is 5.24. The van der Waals surface area contributed by atoms with Gasteiger partial charge in [-0.05, 0) is 37.1 Å². The van der Waals surface area contributed by atoms with Crippen LogP contribution in [0.2, 0.25) is 0 Å². The summed E-state index contributed by atoms with van der Waals surface area (Å²) in [4.78, 5) is 39.9. The molecule has 4 rings (SSSR count). The van der Waals surface area contributed by atoms with E-state index in [1.54, 1.807) is 25.2 Å². The number of carbonyl (C=O) groups excluding carboxylic acids is 2. The molecule has 2 aliphatic heterocycles. The van der Waals surface area contributed by atoms with Crippen molar-refractivity contribution >= 4 is 17.5 Å². The fraction of sp³-hybridized carbons (Fsp3) is 0.381. The van der Waals surface area contributed by atoms with E-state index in [1.807, 2.05) is 4.90 Å². The fourth-order valence-corrected chi connectivity index (χ4v) is 3.61. The van der Waals surface area contributed by atoms with Crippen LogP contribution in [0.5, 0.6) is 11.5 Å². The van der Waals surface area contributed by atoms with Crippen LogP contribution in [0.3, 0.4) is 0 Å². The second-order valence-electron chi connectivity index (χ2n) is 7.29. The number of likely N-dealkylation sites (tertiary alicyclic amines) is 1. The van der Waals surface area contributed by atoms with E-state index in [-0.39, 0.29) is 23.9 Å². The number of ether oxygens (including phenoxy) is 2. The zero-order valence-corrected chi connectivity index (χ0v) is 16.3. The summed E-state index contributed by atoms with van der Waals surface area (Å²) in [7, 11) is 1.57.